The molecule has 0 aromatic heterocycles. The second-order valence-electron chi connectivity index (χ2n) is 8.23. The van der Waals surface area contributed by atoms with Crippen molar-refractivity contribution >= 4 is 0 Å². The van der Waals surface area contributed by atoms with E-state index in [1.165, 1.54) is 64.2 Å². The van der Waals surface area contributed by atoms with Crippen LogP contribution < -0.4 is 0 Å². The molecule has 0 unspecified atom stereocenters. The van der Waals surface area contributed by atoms with Crippen molar-refractivity contribution in [3.05, 3.63) is 35.4 Å². The van der Waals surface area contributed by atoms with E-state index in [2.05, 4.69) is 38.1 Å². The van der Waals surface area contributed by atoms with Crippen LogP contribution in [0.4, 0.5) is 0 Å². The first-order valence-corrected chi connectivity index (χ1v) is 9.83. The molecule has 0 atom stereocenters. The van der Waals surface area contributed by atoms with Crippen molar-refractivity contribution in [3.63, 3.8) is 0 Å². The molecule has 0 radical (unpaired) electrons. The van der Waals surface area contributed by atoms with Crippen molar-refractivity contribution in [2.75, 3.05) is 0 Å². The lowest BCUT2D eigenvalue weighted by Gasteiger charge is -2.32. The minimum Gasteiger partial charge on any atom is -0.0654 e. The van der Waals surface area contributed by atoms with Gasteiger partial charge in [0.15, 0.2) is 0 Å². The van der Waals surface area contributed by atoms with Crippen molar-refractivity contribution in [3.8, 4) is 0 Å². The summed E-state index contributed by atoms with van der Waals surface area (Å²) in [5.74, 6) is 3.87. The van der Waals surface area contributed by atoms with Gasteiger partial charge >= 0.3 is 0 Å². The summed E-state index contributed by atoms with van der Waals surface area (Å²) in [5, 5.41) is 0. The SMILES string of the molecule is CCCC1CCC(c2ccc(CCC3CC(C)C3)cc2)CC1. The molecule has 0 spiro atoms. The van der Waals surface area contributed by atoms with Crippen LogP contribution in [0.1, 0.15) is 88.7 Å². The van der Waals surface area contributed by atoms with Gasteiger partial charge in [-0.3, -0.25) is 0 Å². The standard InChI is InChI=1S/C22H34/c1-3-4-18-7-11-21(12-8-18)22-13-9-19(10-14-22)5-6-20-15-17(2)16-20/h9-10,13-14,17-18,20-21H,3-8,11-12,15-16H2,1-2H3. The molecule has 0 N–H and O–H groups in total. The van der Waals surface area contributed by atoms with E-state index in [0.717, 1.165) is 23.7 Å². The number of hydrogen-bond donors (Lipinski definition) is 0. The van der Waals surface area contributed by atoms with Gasteiger partial charge < -0.3 is 0 Å². The summed E-state index contributed by atoms with van der Waals surface area (Å²) in [7, 11) is 0. The lowest BCUT2D eigenvalue weighted by atomic mass is 9.73. The fraction of sp³-hybridized carbons (Fsp3) is 0.727. The van der Waals surface area contributed by atoms with Crippen molar-refractivity contribution in [2.24, 2.45) is 17.8 Å². The number of rotatable bonds is 6. The van der Waals surface area contributed by atoms with Gasteiger partial charge in [-0.25, -0.2) is 0 Å². The maximum atomic E-state index is 2.43. The minimum absolute atomic E-state index is 0.842. The Morgan fingerprint density at radius 2 is 1.55 bits per heavy atom. The second kappa shape index (κ2) is 7.66. The molecule has 0 heteroatoms. The van der Waals surface area contributed by atoms with Crippen molar-refractivity contribution in [1.29, 1.82) is 0 Å². The molecule has 0 saturated heterocycles. The summed E-state index contributed by atoms with van der Waals surface area (Å²) in [4.78, 5) is 0. The molecule has 0 amide bonds. The van der Waals surface area contributed by atoms with Gasteiger partial charge in [-0.05, 0) is 86.2 Å². The fourth-order valence-electron chi connectivity index (χ4n) is 4.82. The number of benzene rings is 1. The Morgan fingerprint density at radius 3 is 2.14 bits per heavy atom. The molecule has 0 bridgehead atoms. The first-order valence-electron chi connectivity index (χ1n) is 9.83. The molecule has 2 saturated carbocycles. The quantitative estimate of drug-likeness (QED) is 0.545. The van der Waals surface area contributed by atoms with Crippen molar-refractivity contribution in [2.45, 2.75) is 84.0 Å². The molecular weight excluding hydrogens is 264 g/mol. The largest absolute Gasteiger partial charge is 0.0654 e. The first-order chi connectivity index (χ1) is 10.7. The zero-order chi connectivity index (χ0) is 15.4. The molecule has 122 valence electrons. The summed E-state index contributed by atoms with van der Waals surface area (Å²) in [6, 6.07) is 9.69. The lowest BCUT2D eigenvalue weighted by molar-refractivity contribution is 0.200. The Bertz CT molecular complexity index is 430. The van der Waals surface area contributed by atoms with Crippen LogP contribution >= 0.6 is 0 Å². The Labute approximate surface area is 137 Å². The van der Waals surface area contributed by atoms with Crippen LogP contribution in [0.5, 0.6) is 0 Å². The van der Waals surface area contributed by atoms with E-state index >= 15 is 0 Å². The third-order valence-corrected chi connectivity index (χ3v) is 6.31. The van der Waals surface area contributed by atoms with Gasteiger partial charge in [-0.2, -0.15) is 0 Å². The first kappa shape index (κ1) is 16.1. The average molecular weight is 299 g/mol. The molecule has 0 aliphatic heterocycles. The van der Waals surface area contributed by atoms with E-state index in [1.807, 2.05) is 0 Å². The minimum atomic E-state index is 0.842. The van der Waals surface area contributed by atoms with Crippen LogP contribution in [-0.4, -0.2) is 0 Å². The van der Waals surface area contributed by atoms with Gasteiger partial charge in [-0.15, -0.1) is 0 Å². The van der Waals surface area contributed by atoms with Gasteiger partial charge in [0.1, 0.15) is 0 Å². The fourth-order valence-corrected chi connectivity index (χ4v) is 4.82. The number of aryl methyl sites for hydroxylation is 1. The second-order valence-corrected chi connectivity index (χ2v) is 8.23. The normalized spacial score (nSPS) is 31.7. The zero-order valence-electron chi connectivity index (χ0n) is 14.7. The molecule has 3 rings (SSSR count). The molecule has 2 aliphatic carbocycles. The Morgan fingerprint density at radius 1 is 0.864 bits per heavy atom. The Hall–Kier alpha value is -0.780. The van der Waals surface area contributed by atoms with Crippen LogP contribution in [0.15, 0.2) is 24.3 Å². The highest BCUT2D eigenvalue weighted by Crippen LogP contribution is 2.38. The Kier molecular flexibility index (Phi) is 5.61. The molecular formula is C22H34. The van der Waals surface area contributed by atoms with Crippen molar-refractivity contribution in [1.82, 2.24) is 0 Å². The molecule has 0 nitrogen and oxygen atoms in total. The van der Waals surface area contributed by atoms with Gasteiger partial charge in [0.05, 0.1) is 0 Å². The predicted molar refractivity (Wildman–Crippen MR) is 96.3 cm³/mol. The summed E-state index contributed by atoms with van der Waals surface area (Å²) < 4.78 is 0. The van der Waals surface area contributed by atoms with Gasteiger partial charge in [0, 0.05) is 0 Å². The van der Waals surface area contributed by atoms with Gasteiger partial charge in [-0.1, -0.05) is 51.0 Å². The smallest absolute Gasteiger partial charge is 0.0162 e. The third kappa shape index (κ3) is 4.15. The third-order valence-electron chi connectivity index (χ3n) is 6.31. The topological polar surface area (TPSA) is 0 Å². The molecule has 1 aromatic rings. The van der Waals surface area contributed by atoms with E-state index < -0.39 is 0 Å². The van der Waals surface area contributed by atoms with Gasteiger partial charge in [0.25, 0.3) is 0 Å². The maximum absolute atomic E-state index is 2.43. The monoisotopic (exact) mass is 298 g/mol. The maximum Gasteiger partial charge on any atom is -0.0162 e. The van der Waals surface area contributed by atoms with E-state index in [1.54, 1.807) is 11.1 Å². The van der Waals surface area contributed by atoms with Crippen molar-refractivity contribution < 1.29 is 0 Å². The average Bonchev–Trinajstić information content (AvgIpc) is 2.52. The van der Waals surface area contributed by atoms with Crippen LogP contribution in [0, 0.1) is 17.8 Å². The van der Waals surface area contributed by atoms with Crippen LogP contribution in [0.25, 0.3) is 0 Å². The van der Waals surface area contributed by atoms with Gasteiger partial charge in [0.2, 0.25) is 0 Å². The highest BCUT2D eigenvalue weighted by Gasteiger charge is 2.25. The lowest BCUT2D eigenvalue weighted by Crippen LogP contribution is -2.21. The van der Waals surface area contributed by atoms with Crippen LogP contribution in [-0.2, 0) is 6.42 Å². The molecule has 0 heterocycles. The highest BCUT2D eigenvalue weighted by atomic mass is 14.3. The zero-order valence-corrected chi connectivity index (χ0v) is 14.7. The summed E-state index contributed by atoms with van der Waals surface area (Å²) in [5.41, 5.74) is 3.17. The Balaban J connectivity index is 1.45. The molecule has 22 heavy (non-hydrogen) atoms. The molecule has 2 aliphatic rings. The molecule has 2 fully saturated rings. The summed E-state index contributed by atoms with van der Waals surface area (Å²) >= 11 is 0. The molecule has 1 aromatic carbocycles. The summed E-state index contributed by atoms with van der Waals surface area (Å²) in [6.45, 7) is 4.72. The number of hydrogen-bond acceptors (Lipinski definition) is 0. The van der Waals surface area contributed by atoms with E-state index in [4.69, 9.17) is 0 Å². The summed E-state index contributed by atoms with van der Waals surface area (Å²) in [6.07, 6.45) is 14.2. The predicted octanol–water partition coefficient (Wildman–Crippen LogP) is 6.74. The van der Waals surface area contributed by atoms with E-state index in [-0.39, 0.29) is 0 Å². The van der Waals surface area contributed by atoms with E-state index in [9.17, 15) is 0 Å². The van der Waals surface area contributed by atoms with E-state index in [0.29, 0.717) is 0 Å². The van der Waals surface area contributed by atoms with Crippen LogP contribution in [0.2, 0.25) is 0 Å². The van der Waals surface area contributed by atoms with Crippen LogP contribution in [0.3, 0.4) is 0 Å². The highest BCUT2D eigenvalue weighted by molar-refractivity contribution is 5.26.